The molecule has 0 aliphatic rings. The Bertz CT molecular complexity index is 327. The Labute approximate surface area is 79.5 Å². The van der Waals surface area contributed by atoms with E-state index >= 15 is 0 Å². The molecule has 5 heteroatoms. The third kappa shape index (κ3) is 2.22. The molecule has 0 saturated heterocycles. The second kappa shape index (κ2) is 3.95. The van der Waals surface area contributed by atoms with Crippen LogP contribution in [-0.4, -0.2) is 19.9 Å². The summed E-state index contributed by atoms with van der Waals surface area (Å²) in [7, 11) is 0. The van der Waals surface area contributed by atoms with Gasteiger partial charge in [-0.2, -0.15) is 0 Å². The highest BCUT2D eigenvalue weighted by Crippen LogP contribution is 2.23. The minimum absolute atomic E-state index is 0.984. The highest BCUT2D eigenvalue weighted by atomic mass is 32.2. The lowest BCUT2D eigenvalue weighted by Crippen LogP contribution is -1.80. The predicted molar refractivity (Wildman–Crippen MR) is 48.2 cm³/mol. The number of hydrogen-bond acceptors (Lipinski definition) is 5. The summed E-state index contributed by atoms with van der Waals surface area (Å²) in [5.74, 6) is 0. The van der Waals surface area contributed by atoms with Crippen LogP contribution in [0.5, 0.6) is 0 Å². The summed E-state index contributed by atoms with van der Waals surface area (Å²) in [4.78, 5) is 17.6. The van der Waals surface area contributed by atoms with Crippen LogP contribution in [0.15, 0.2) is 47.2 Å². The van der Waals surface area contributed by atoms with Crippen LogP contribution in [0.25, 0.3) is 0 Å². The summed E-state index contributed by atoms with van der Waals surface area (Å²) in [6, 6.07) is 0. The summed E-state index contributed by atoms with van der Waals surface area (Å²) < 4.78 is 0. The van der Waals surface area contributed by atoms with Crippen molar-refractivity contribution >= 4 is 11.8 Å². The van der Waals surface area contributed by atoms with Crippen molar-refractivity contribution in [2.45, 2.75) is 9.79 Å². The highest BCUT2D eigenvalue weighted by Gasteiger charge is 1.96. The fraction of sp³-hybridized carbons (Fsp3) is 0. The minimum atomic E-state index is 0.984. The molecule has 0 aliphatic heterocycles. The Morgan fingerprint density at radius 3 is 1.46 bits per heavy atom. The zero-order valence-corrected chi connectivity index (χ0v) is 7.48. The van der Waals surface area contributed by atoms with Gasteiger partial charge in [-0.05, 0) is 0 Å². The lowest BCUT2D eigenvalue weighted by Gasteiger charge is -1.97. The van der Waals surface area contributed by atoms with Crippen LogP contribution in [-0.2, 0) is 0 Å². The molecule has 0 radical (unpaired) electrons. The topological polar surface area (TPSA) is 51.6 Å². The van der Waals surface area contributed by atoms with Gasteiger partial charge in [0.2, 0.25) is 0 Å². The molecule has 2 rings (SSSR count). The van der Waals surface area contributed by atoms with Crippen LogP contribution in [0.1, 0.15) is 0 Å². The van der Waals surface area contributed by atoms with Crippen LogP contribution >= 0.6 is 11.8 Å². The van der Waals surface area contributed by atoms with Gasteiger partial charge in [0, 0.05) is 34.6 Å². The molecule has 2 aromatic heterocycles. The van der Waals surface area contributed by atoms with Crippen LogP contribution in [0, 0.1) is 0 Å². The van der Waals surface area contributed by atoms with Gasteiger partial charge < -0.3 is 0 Å². The summed E-state index contributed by atoms with van der Waals surface area (Å²) in [5, 5.41) is 0. The van der Waals surface area contributed by atoms with Crippen molar-refractivity contribution in [2.75, 3.05) is 0 Å². The first kappa shape index (κ1) is 8.12. The van der Waals surface area contributed by atoms with E-state index in [-0.39, 0.29) is 0 Å². The maximum Gasteiger partial charge on any atom is 0.115 e. The van der Waals surface area contributed by atoms with Crippen LogP contribution in [0.3, 0.4) is 0 Å². The van der Waals surface area contributed by atoms with Crippen LogP contribution in [0.4, 0.5) is 0 Å². The lowest BCUT2D eigenvalue weighted by atomic mass is 10.7. The summed E-state index contributed by atoms with van der Waals surface area (Å²) in [6.07, 6.45) is 10.0. The van der Waals surface area contributed by atoms with E-state index in [1.165, 1.54) is 24.4 Å². The summed E-state index contributed by atoms with van der Waals surface area (Å²) in [5.41, 5.74) is 0. The first-order chi connectivity index (χ1) is 6.45. The van der Waals surface area contributed by atoms with Gasteiger partial charge >= 0.3 is 0 Å². The fourth-order valence-corrected chi connectivity index (χ4v) is 1.54. The number of nitrogens with zero attached hydrogens (tertiary/aromatic N) is 4. The molecule has 2 aromatic rings. The molecule has 0 fully saturated rings. The molecular weight excluding hydrogens is 184 g/mol. The maximum atomic E-state index is 3.91. The SMILES string of the molecule is c1ncc(Sc2cncnc2)cn1. The van der Waals surface area contributed by atoms with Gasteiger partial charge in [-0.15, -0.1) is 0 Å². The highest BCUT2D eigenvalue weighted by molar-refractivity contribution is 7.99. The first-order valence-corrected chi connectivity index (χ1v) is 4.45. The van der Waals surface area contributed by atoms with E-state index in [4.69, 9.17) is 0 Å². The average Bonchev–Trinajstić information content (AvgIpc) is 2.21. The van der Waals surface area contributed by atoms with Gasteiger partial charge in [-0.1, -0.05) is 11.8 Å². The van der Waals surface area contributed by atoms with Crippen molar-refractivity contribution in [1.29, 1.82) is 0 Å². The van der Waals surface area contributed by atoms with Crippen molar-refractivity contribution in [1.82, 2.24) is 19.9 Å². The van der Waals surface area contributed by atoms with Crippen molar-refractivity contribution in [3.05, 3.63) is 37.4 Å². The molecule has 2 heterocycles. The largest absolute Gasteiger partial charge is 0.244 e. The molecule has 0 aromatic carbocycles. The third-order valence-corrected chi connectivity index (χ3v) is 2.20. The molecular formula is C8H6N4S. The maximum absolute atomic E-state index is 3.91. The van der Waals surface area contributed by atoms with E-state index in [0.29, 0.717) is 0 Å². The summed E-state index contributed by atoms with van der Waals surface area (Å²) >= 11 is 1.54. The Kier molecular flexibility index (Phi) is 2.47. The fourth-order valence-electron chi connectivity index (χ4n) is 0.812. The monoisotopic (exact) mass is 190 g/mol. The van der Waals surface area contributed by atoms with Crippen molar-refractivity contribution in [3.63, 3.8) is 0 Å². The van der Waals surface area contributed by atoms with Gasteiger partial charge in [0.05, 0.1) is 0 Å². The first-order valence-electron chi connectivity index (χ1n) is 3.63. The lowest BCUT2D eigenvalue weighted by molar-refractivity contribution is 1.08. The smallest absolute Gasteiger partial charge is 0.115 e. The number of rotatable bonds is 2. The molecule has 0 aliphatic carbocycles. The molecule has 0 bridgehead atoms. The second-order valence-electron chi connectivity index (χ2n) is 2.25. The minimum Gasteiger partial charge on any atom is -0.244 e. The van der Waals surface area contributed by atoms with Gasteiger partial charge in [0.15, 0.2) is 0 Å². The molecule has 0 unspecified atom stereocenters. The standard InChI is InChI=1S/C8H6N4S/c1-7(2-10-5-9-1)13-8-3-11-6-12-4-8/h1-6H. The molecule has 13 heavy (non-hydrogen) atoms. The van der Waals surface area contributed by atoms with Gasteiger partial charge in [-0.3, -0.25) is 0 Å². The third-order valence-electron chi connectivity index (χ3n) is 1.31. The Balaban J connectivity index is 2.16. The van der Waals surface area contributed by atoms with E-state index in [9.17, 15) is 0 Å². The second-order valence-corrected chi connectivity index (χ2v) is 3.40. The molecule has 0 saturated carbocycles. The van der Waals surface area contributed by atoms with E-state index in [1.54, 1.807) is 24.8 Å². The van der Waals surface area contributed by atoms with E-state index in [1.807, 2.05) is 0 Å². The molecule has 0 atom stereocenters. The normalized spacial score (nSPS) is 9.85. The van der Waals surface area contributed by atoms with E-state index in [0.717, 1.165) is 9.79 Å². The van der Waals surface area contributed by atoms with Crippen molar-refractivity contribution in [3.8, 4) is 0 Å². The van der Waals surface area contributed by atoms with Gasteiger partial charge in [-0.25, -0.2) is 19.9 Å². The predicted octanol–water partition coefficient (Wildman–Crippen LogP) is 1.42. The Hall–Kier alpha value is -1.49. The molecule has 64 valence electrons. The van der Waals surface area contributed by atoms with E-state index < -0.39 is 0 Å². The van der Waals surface area contributed by atoms with Gasteiger partial charge in [0.25, 0.3) is 0 Å². The number of aromatic nitrogens is 4. The van der Waals surface area contributed by atoms with E-state index in [2.05, 4.69) is 19.9 Å². The van der Waals surface area contributed by atoms with Crippen molar-refractivity contribution in [2.24, 2.45) is 0 Å². The zero-order chi connectivity index (χ0) is 8.93. The Morgan fingerprint density at radius 2 is 1.08 bits per heavy atom. The van der Waals surface area contributed by atoms with Crippen LogP contribution < -0.4 is 0 Å². The van der Waals surface area contributed by atoms with Crippen LogP contribution in [0.2, 0.25) is 0 Å². The molecule has 0 N–H and O–H groups in total. The molecule has 0 spiro atoms. The molecule has 4 nitrogen and oxygen atoms in total. The quantitative estimate of drug-likeness (QED) is 0.716. The number of hydrogen-bond donors (Lipinski definition) is 0. The summed E-state index contributed by atoms with van der Waals surface area (Å²) in [6.45, 7) is 0. The van der Waals surface area contributed by atoms with Crippen molar-refractivity contribution < 1.29 is 0 Å². The Morgan fingerprint density at radius 1 is 0.692 bits per heavy atom. The molecule has 0 amide bonds. The average molecular weight is 190 g/mol. The zero-order valence-electron chi connectivity index (χ0n) is 6.66. The van der Waals surface area contributed by atoms with Gasteiger partial charge in [0.1, 0.15) is 12.7 Å².